The van der Waals surface area contributed by atoms with Crippen LogP contribution in [0.3, 0.4) is 0 Å². The van der Waals surface area contributed by atoms with Crippen LogP contribution in [-0.2, 0) is 0 Å². The van der Waals surface area contributed by atoms with E-state index in [9.17, 15) is 9.90 Å². The van der Waals surface area contributed by atoms with Crippen LogP contribution >= 0.6 is 0 Å². The van der Waals surface area contributed by atoms with Gasteiger partial charge in [0.25, 0.3) is 5.91 Å². The summed E-state index contributed by atoms with van der Waals surface area (Å²) in [6.45, 7) is 3.02. The number of hydrogen-bond acceptors (Lipinski definition) is 5. The largest absolute Gasteiger partial charge is 0.393 e. The van der Waals surface area contributed by atoms with Crippen molar-refractivity contribution in [1.29, 1.82) is 0 Å². The maximum Gasteiger partial charge on any atom is 0.256 e. The number of hydrazine groups is 1. The lowest BCUT2D eigenvalue weighted by Gasteiger charge is -2.19. The lowest BCUT2D eigenvalue weighted by Crippen LogP contribution is -2.31. The zero-order valence-electron chi connectivity index (χ0n) is 10.3. The van der Waals surface area contributed by atoms with Crippen molar-refractivity contribution in [1.82, 2.24) is 9.88 Å². The van der Waals surface area contributed by atoms with E-state index in [-0.39, 0.29) is 17.9 Å². The van der Waals surface area contributed by atoms with Crippen molar-refractivity contribution in [3.63, 3.8) is 0 Å². The minimum absolute atomic E-state index is 0.0755. The number of hydrogen-bond donors (Lipinski definition) is 3. The third-order valence-electron chi connectivity index (χ3n) is 3.40. The second kappa shape index (κ2) is 5.32. The van der Waals surface area contributed by atoms with E-state index in [2.05, 4.69) is 10.4 Å². The average molecular weight is 250 g/mol. The first kappa shape index (κ1) is 12.8. The Morgan fingerprint density at radius 1 is 1.72 bits per heavy atom. The molecular formula is C12H18N4O2. The van der Waals surface area contributed by atoms with Crippen LogP contribution in [0.5, 0.6) is 0 Å². The van der Waals surface area contributed by atoms with Crippen molar-refractivity contribution in [2.24, 2.45) is 11.8 Å². The molecule has 0 radical (unpaired) electrons. The summed E-state index contributed by atoms with van der Waals surface area (Å²) in [5.41, 5.74) is 3.50. The van der Waals surface area contributed by atoms with Gasteiger partial charge >= 0.3 is 0 Å². The standard InChI is InChI=1S/C12H18N4O2/c1-8(17)9-3-5-16(7-9)12(18)10-2-4-14-6-11(10)15-13/h2,4,6,8-9,15,17H,3,5,7,13H2,1H3. The molecule has 0 aliphatic carbocycles. The van der Waals surface area contributed by atoms with Gasteiger partial charge in [-0.25, -0.2) is 0 Å². The van der Waals surface area contributed by atoms with Crippen LogP contribution in [0, 0.1) is 5.92 Å². The maximum atomic E-state index is 12.3. The number of carbonyl (C=O) groups excluding carboxylic acids is 1. The van der Waals surface area contributed by atoms with Gasteiger partial charge in [0.1, 0.15) is 0 Å². The highest BCUT2D eigenvalue weighted by atomic mass is 16.3. The number of aromatic nitrogens is 1. The number of amides is 1. The second-order valence-electron chi connectivity index (χ2n) is 4.61. The van der Waals surface area contributed by atoms with Gasteiger partial charge in [-0.15, -0.1) is 0 Å². The molecule has 1 amide bonds. The Hall–Kier alpha value is -1.66. The minimum atomic E-state index is -0.382. The summed E-state index contributed by atoms with van der Waals surface area (Å²) in [5.74, 6) is 5.44. The second-order valence-corrected chi connectivity index (χ2v) is 4.61. The highest BCUT2D eigenvalue weighted by Gasteiger charge is 2.30. The Bertz CT molecular complexity index is 436. The quantitative estimate of drug-likeness (QED) is 0.527. The molecule has 2 unspecified atom stereocenters. The van der Waals surface area contributed by atoms with E-state index >= 15 is 0 Å². The van der Waals surface area contributed by atoms with E-state index in [1.54, 1.807) is 24.1 Å². The summed E-state index contributed by atoms with van der Waals surface area (Å²) in [6, 6.07) is 1.65. The highest BCUT2D eigenvalue weighted by molar-refractivity contribution is 5.99. The molecule has 1 aromatic rings. The zero-order valence-corrected chi connectivity index (χ0v) is 10.3. The third-order valence-corrected chi connectivity index (χ3v) is 3.40. The van der Waals surface area contributed by atoms with Gasteiger partial charge in [-0.1, -0.05) is 0 Å². The van der Waals surface area contributed by atoms with Gasteiger partial charge in [0.15, 0.2) is 0 Å². The molecule has 1 saturated heterocycles. The van der Waals surface area contributed by atoms with E-state index in [1.165, 1.54) is 6.20 Å². The number of nitrogens with one attached hydrogen (secondary N) is 1. The SMILES string of the molecule is CC(O)C1CCN(C(=O)c2ccncc2NN)C1. The number of nitrogens with two attached hydrogens (primary N) is 1. The fraction of sp³-hybridized carbons (Fsp3) is 0.500. The molecular weight excluding hydrogens is 232 g/mol. The fourth-order valence-corrected chi connectivity index (χ4v) is 2.23. The van der Waals surface area contributed by atoms with E-state index in [4.69, 9.17) is 5.84 Å². The molecule has 0 bridgehead atoms. The predicted octanol–water partition coefficient (Wildman–Crippen LogP) is 0.210. The summed E-state index contributed by atoms with van der Waals surface area (Å²) in [7, 11) is 0. The van der Waals surface area contributed by atoms with Crippen molar-refractivity contribution < 1.29 is 9.90 Å². The number of likely N-dealkylation sites (tertiary alicyclic amines) is 1. The van der Waals surface area contributed by atoms with Crippen molar-refractivity contribution in [3.05, 3.63) is 24.0 Å². The monoisotopic (exact) mass is 250 g/mol. The first-order chi connectivity index (χ1) is 8.63. The Balaban J connectivity index is 2.13. The molecule has 4 N–H and O–H groups in total. The number of rotatable bonds is 3. The smallest absolute Gasteiger partial charge is 0.256 e. The first-order valence-electron chi connectivity index (χ1n) is 6.01. The summed E-state index contributed by atoms with van der Waals surface area (Å²) >= 11 is 0. The molecule has 0 spiro atoms. The van der Waals surface area contributed by atoms with Gasteiger partial charge in [-0.2, -0.15) is 0 Å². The van der Waals surface area contributed by atoms with Crippen molar-refractivity contribution in [2.45, 2.75) is 19.4 Å². The molecule has 98 valence electrons. The number of nitrogens with zero attached hydrogens (tertiary/aromatic N) is 2. The van der Waals surface area contributed by atoms with Crippen LogP contribution < -0.4 is 11.3 Å². The number of anilines is 1. The normalized spacial score (nSPS) is 20.8. The van der Waals surface area contributed by atoms with Crippen molar-refractivity contribution in [3.8, 4) is 0 Å². The Morgan fingerprint density at radius 2 is 2.50 bits per heavy atom. The molecule has 1 aliphatic heterocycles. The van der Waals surface area contributed by atoms with Gasteiger partial charge in [0, 0.05) is 25.2 Å². The number of pyridine rings is 1. The lowest BCUT2D eigenvalue weighted by molar-refractivity contribution is 0.0763. The van der Waals surface area contributed by atoms with Crippen LogP contribution in [0.15, 0.2) is 18.5 Å². The van der Waals surface area contributed by atoms with Gasteiger partial charge in [0.2, 0.25) is 0 Å². The van der Waals surface area contributed by atoms with Crippen molar-refractivity contribution >= 4 is 11.6 Å². The first-order valence-corrected chi connectivity index (χ1v) is 6.01. The fourth-order valence-electron chi connectivity index (χ4n) is 2.23. The Morgan fingerprint density at radius 3 is 3.11 bits per heavy atom. The Labute approximate surface area is 106 Å². The van der Waals surface area contributed by atoms with Crippen LogP contribution in [0.1, 0.15) is 23.7 Å². The number of carbonyl (C=O) groups is 1. The molecule has 2 atom stereocenters. The average Bonchev–Trinajstić information content (AvgIpc) is 2.87. The molecule has 6 heteroatoms. The minimum Gasteiger partial charge on any atom is -0.393 e. The highest BCUT2D eigenvalue weighted by Crippen LogP contribution is 2.23. The summed E-state index contributed by atoms with van der Waals surface area (Å²) in [4.78, 5) is 18.0. The molecule has 0 saturated carbocycles. The summed E-state index contributed by atoms with van der Waals surface area (Å²) < 4.78 is 0. The number of nitrogen functional groups attached to an aromatic ring is 1. The van der Waals surface area contributed by atoms with E-state index in [0.29, 0.717) is 24.3 Å². The summed E-state index contributed by atoms with van der Waals surface area (Å²) in [5, 5.41) is 9.54. The molecule has 18 heavy (non-hydrogen) atoms. The molecule has 2 heterocycles. The van der Waals surface area contributed by atoms with E-state index < -0.39 is 0 Å². The van der Waals surface area contributed by atoms with Gasteiger partial charge in [-0.3, -0.25) is 15.6 Å². The summed E-state index contributed by atoms with van der Waals surface area (Å²) in [6.07, 6.45) is 3.54. The van der Waals surface area contributed by atoms with Crippen LogP contribution in [0.2, 0.25) is 0 Å². The molecule has 2 rings (SSSR count). The zero-order chi connectivity index (χ0) is 13.1. The van der Waals surface area contributed by atoms with E-state index in [1.807, 2.05) is 0 Å². The Kier molecular flexibility index (Phi) is 3.78. The predicted molar refractivity (Wildman–Crippen MR) is 67.7 cm³/mol. The molecule has 1 fully saturated rings. The van der Waals surface area contributed by atoms with E-state index in [0.717, 1.165) is 6.42 Å². The molecule has 1 aliphatic rings. The molecule has 6 nitrogen and oxygen atoms in total. The number of aliphatic hydroxyl groups excluding tert-OH is 1. The van der Waals surface area contributed by atoms with Crippen molar-refractivity contribution in [2.75, 3.05) is 18.5 Å². The topological polar surface area (TPSA) is 91.5 Å². The third kappa shape index (κ3) is 2.44. The van der Waals surface area contributed by atoms with Crippen LogP contribution in [0.25, 0.3) is 0 Å². The molecule has 1 aromatic heterocycles. The van der Waals surface area contributed by atoms with Crippen LogP contribution in [0.4, 0.5) is 5.69 Å². The molecule has 0 aromatic carbocycles. The van der Waals surface area contributed by atoms with Crippen LogP contribution in [-0.4, -0.2) is 40.1 Å². The van der Waals surface area contributed by atoms with Gasteiger partial charge in [-0.05, 0) is 19.4 Å². The maximum absolute atomic E-state index is 12.3. The number of aliphatic hydroxyl groups is 1. The lowest BCUT2D eigenvalue weighted by atomic mass is 10.0. The van der Waals surface area contributed by atoms with Gasteiger partial charge < -0.3 is 15.4 Å². The van der Waals surface area contributed by atoms with Gasteiger partial charge in [0.05, 0.1) is 23.6 Å².